The number of ether oxygens (including phenoxy) is 2. The molecule has 3 amide bonds. The van der Waals surface area contributed by atoms with Crippen LogP contribution in [0.2, 0.25) is 10.0 Å². The van der Waals surface area contributed by atoms with Gasteiger partial charge in [-0.25, -0.2) is 9.59 Å². The molecule has 0 aliphatic carbocycles. The van der Waals surface area contributed by atoms with E-state index in [9.17, 15) is 14.4 Å². The quantitative estimate of drug-likeness (QED) is 0.713. The summed E-state index contributed by atoms with van der Waals surface area (Å²) in [4.78, 5) is 34.4. The van der Waals surface area contributed by atoms with Gasteiger partial charge in [0.1, 0.15) is 5.75 Å². The van der Waals surface area contributed by atoms with E-state index in [1.165, 1.54) is 12.1 Å². The number of hydrogen-bond acceptors (Lipinski definition) is 5. The molecule has 1 aromatic rings. The van der Waals surface area contributed by atoms with Crippen LogP contribution in [0, 0.1) is 0 Å². The molecule has 1 atom stereocenters. The maximum atomic E-state index is 11.5. The van der Waals surface area contributed by atoms with Crippen LogP contribution in [0.3, 0.4) is 0 Å². The molecule has 132 valence electrons. The third-order valence-electron chi connectivity index (χ3n) is 2.85. The molecule has 0 spiro atoms. The zero-order chi connectivity index (χ0) is 18.1. The first-order valence-electron chi connectivity index (χ1n) is 7.15. The van der Waals surface area contributed by atoms with Gasteiger partial charge in [0.2, 0.25) is 0 Å². The predicted octanol–water partition coefficient (Wildman–Crippen LogP) is 2.54. The van der Waals surface area contributed by atoms with E-state index in [4.69, 9.17) is 32.7 Å². The number of urea groups is 1. The highest BCUT2D eigenvalue weighted by atomic mass is 35.5. The molecule has 0 aliphatic rings. The zero-order valence-corrected chi connectivity index (χ0v) is 14.7. The first kappa shape index (κ1) is 20.1. The van der Waals surface area contributed by atoms with E-state index in [2.05, 4.69) is 5.32 Å². The minimum atomic E-state index is -0.779. The lowest BCUT2D eigenvalue weighted by molar-refractivity contribution is -0.150. The first-order valence-corrected chi connectivity index (χ1v) is 7.91. The molecule has 0 radical (unpaired) electrons. The highest BCUT2D eigenvalue weighted by Gasteiger charge is 2.13. The number of nitrogens with one attached hydrogen (secondary N) is 2. The predicted molar refractivity (Wildman–Crippen MR) is 89.3 cm³/mol. The molecule has 7 nitrogen and oxygen atoms in total. The van der Waals surface area contributed by atoms with Gasteiger partial charge in [0.15, 0.2) is 13.2 Å². The number of amides is 3. The summed E-state index contributed by atoms with van der Waals surface area (Å²) in [6.45, 7) is 2.66. The van der Waals surface area contributed by atoms with E-state index in [0.29, 0.717) is 5.02 Å². The highest BCUT2D eigenvalue weighted by molar-refractivity contribution is 6.35. The molecular formula is C15H18Cl2N2O5. The number of benzene rings is 1. The van der Waals surface area contributed by atoms with Gasteiger partial charge in [-0.05, 0) is 31.5 Å². The lowest BCUT2D eigenvalue weighted by Gasteiger charge is -2.12. The molecule has 0 saturated carbocycles. The number of carbonyl (C=O) groups excluding carboxylic acids is 3. The maximum Gasteiger partial charge on any atom is 0.344 e. The molecule has 0 heterocycles. The monoisotopic (exact) mass is 376 g/mol. The number of imide groups is 1. The molecule has 9 heteroatoms. The van der Waals surface area contributed by atoms with Crippen molar-refractivity contribution >= 4 is 41.1 Å². The number of rotatable bonds is 7. The summed E-state index contributed by atoms with van der Waals surface area (Å²) in [7, 11) is 0. The minimum Gasteiger partial charge on any atom is -0.480 e. The van der Waals surface area contributed by atoms with E-state index in [1.54, 1.807) is 13.0 Å². The van der Waals surface area contributed by atoms with E-state index < -0.39 is 31.1 Å². The molecule has 0 fully saturated rings. The number of hydrogen-bond donors (Lipinski definition) is 2. The molecule has 0 aromatic heterocycles. The summed E-state index contributed by atoms with van der Waals surface area (Å²) in [5.41, 5.74) is 0. The van der Waals surface area contributed by atoms with E-state index >= 15 is 0 Å². The Kier molecular flexibility index (Phi) is 8.35. The molecule has 1 rings (SSSR count). The Morgan fingerprint density at radius 2 is 1.92 bits per heavy atom. The summed E-state index contributed by atoms with van der Waals surface area (Å²) < 4.78 is 9.85. The lowest BCUT2D eigenvalue weighted by Crippen LogP contribution is -2.44. The van der Waals surface area contributed by atoms with E-state index in [1.807, 2.05) is 12.2 Å². The van der Waals surface area contributed by atoms with Crippen LogP contribution in [0.25, 0.3) is 0 Å². The SMILES string of the molecule is CC[C@@H](C)NC(=O)NC(=O)COC(=O)COc1ccc(Cl)cc1Cl. The van der Waals surface area contributed by atoms with Gasteiger partial charge in [-0.1, -0.05) is 30.1 Å². The zero-order valence-electron chi connectivity index (χ0n) is 13.2. The Balaban J connectivity index is 2.30. The Hall–Kier alpha value is -1.99. The third kappa shape index (κ3) is 7.52. The second-order valence-corrected chi connectivity index (χ2v) is 5.70. The fourth-order valence-corrected chi connectivity index (χ4v) is 1.90. The Bertz CT molecular complexity index is 610. The molecule has 0 saturated heterocycles. The minimum absolute atomic E-state index is 0.0714. The topological polar surface area (TPSA) is 93.7 Å². The number of esters is 1. The molecule has 24 heavy (non-hydrogen) atoms. The fourth-order valence-electron chi connectivity index (χ4n) is 1.44. The van der Waals surface area contributed by atoms with Crippen molar-refractivity contribution in [2.75, 3.05) is 13.2 Å². The van der Waals surface area contributed by atoms with Crippen LogP contribution in [-0.2, 0) is 14.3 Å². The van der Waals surface area contributed by atoms with Crippen LogP contribution in [-0.4, -0.2) is 37.2 Å². The Morgan fingerprint density at radius 3 is 2.54 bits per heavy atom. The van der Waals surface area contributed by atoms with Gasteiger partial charge >= 0.3 is 12.0 Å². The van der Waals surface area contributed by atoms with Crippen LogP contribution in [0.5, 0.6) is 5.75 Å². The summed E-state index contributed by atoms with van der Waals surface area (Å²) in [6, 6.07) is 3.81. The summed E-state index contributed by atoms with van der Waals surface area (Å²) in [6.07, 6.45) is 0.723. The normalized spacial score (nSPS) is 11.3. The van der Waals surface area contributed by atoms with Gasteiger partial charge in [0, 0.05) is 11.1 Å². The standard InChI is InChI=1S/C15H18Cl2N2O5/c1-3-9(2)18-15(22)19-13(20)7-24-14(21)8-23-12-5-4-10(16)6-11(12)17/h4-6,9H,3,7-8H2,1-2H3,(H2,18,19,20,22)/t9-/m1/s1. The Labute approximate surface area is 149 Å². The summed E-state index contributed by atoms with van der Waals surface area (Å²) >= 11 is 11.6. The second kappa shape index (κ2) is 10.00. The second-order valence-electron chi connectivity index (χ2n) is 4.86. The third-order valence-corrected chi connectivity index (χ3v) is 3.38. The molecule has 0 unspecified atom stereocenters. The number of halogens is 2. The van der Waals surface area contributed by atoms with E-state index in [0.717, 1.165) is 6.42 Å². The average Bonchev–Trinajstić information content (AvgIpc) is 2.51. The van der Waals surface area contributed by atoms with Crippen LogP contribution < -0.4 is 15.4 Å². The molecule has 0 bridgehead atoms. The van der Waals surface area contributed by atoms with Crippen molar-refractivity contribution < 1.29 is 23.9 Å². The lowest BCUT2D eigenvalue weighted by atomic mass is 10.3. The molecule has 0 aliphatic heterocycles. The smallest absolute Gasteiger partial charge is 0.344 e. The van der Waals surface area contributed by atoms with E-state index in [-0.39, 0.29) is 16.8 Å². The van der Waals surface area contributed by atoms with Gasteiger partial charge in [0.05, 0.1) is 5.02 Å². The van der Waals surface area contributed by atoms with Gasteiger partial charge in [-0.15, -0.1) is 0 Å². The van der Waals surface area contributed by atoms with Crippen LogP contribution in [0.4, 0.5) is 4.79 Å². The van der Waals surface area contributed by atoms with Gasteiger partial charge in [-0.2, -0.15) is 0 Å². The maximum absolute atomic E-state index is 11.5. The summed E-state index contributed by atoms with van der Waals surface area (Å²) in [5, 5.41) is 5.27. The van der Waals surface area contributed by atoms with Crippen molar-refractivity contribution in [2.24, 2.45) is 0 Å². The van der Waals surface area contributed by atoms with Crippen molar-refractivity contribution in [2.45, 2.75) is 26.3 Å². The molecule has 1 aromatic carbocycles. The summed E-state index contributed by atoms with van der Waals surface area (Å²) in [5.74, 6) is -1.26. The molecular weight excluding hydrogens is 359 g/mol. The number of carbonyl (C=O) groups is 3. The largest absolute Gasteiger partial charge is 0.480 e. The molecule has 2 N–H and O–H groups in total. The van der Waals surface area contributed by atoms with Crippen LogP contribution in [0.1, 0.15) is 20.3 Å². The van der Waals surface area contributed by atoms with Crippen LogP contribution >= 0.6 is 23.2 Å². The Morgan fingerprint density at radius 1 is 1.21 bits per heavy atom. The first-order chi connectivity index (χ1) is 11.3. The fraction of sp³-hybridized carbons (Fsp3) is 0.400. The van der Waals surface area contributed by atoms with Crippen molar-refractivity contribution in [3.05, 3.63) is 28.2 Å². The van der Waals surface area contributed by atoms with Crippen molar-refractivity contribution in [1.82, 2.24) is 10.6 Å². The van der Waals surface area contributed by atoms with Crippen LogP contribution in [0.15, 0.2) is 18.2 Å². The average molecular weight is 377 g/mol. The van der Waals surface area contributed by atoms with Gasteiger partial charge in [-0.3, -0.25) is 10.1 Å². The van der Waals surface area contributed by atoms with Gasteiger partial charge < -0.3 is 14.8 Å². The highest BCUT2D eigenvalue weighted by Crippen LogP contribution is 2.27. The van der Waals surface area contributed by atoms with Gasteiger partial charge in [0.25, 0.3) is 5.91 Å². The van der Waals surface area contributed by atoms with Crippen molar-refractivity contribution in [3.8, 4) is 5.75 Å². The van der Waals surface area contributed by atoms with Crippen molar-refractivity contribution in [1.29, 1.82) is 0 Å². The van der Waals surface area contributed by atoms with Crippen molar-refractivity contribution in [3.63, 3.8) is 0 Å².